The van der Waals surface area contributed by atoms with Crippen LogP contribution in [0.5, 0.6) is 0 Å². The first-order valence-electron chi connectivity index (χ1n) is 7.06. The first-order valence-corrected chi connectivity index (χ1v) is 8.25. The van der Waals surface area contributed by atoms with Crippen molar-refractivity contribution in [2.24, 2.45) is 0 Å². The Kier molecular flexibility index (Phi) is 4.55. The van der Waals surface area contributed by atoms with Crippen LogP contribution in [0.3, 0.4) is 0 Å². The summed E-state index contributed by atoms with van der Waals surface area (Å²) < 4.78 is 13.8. The highest BCUT2D eigenvalue weighted by Gasteiger charge is 2.36. The number of anilines is 2. The Morgan fingerprint density at radius 3 is 2.75 bits per heavy atom. The summed E-state index contributed by atoms with van der Waals surface area (Å²) in [4.78, 5) is 22.1. The third-order valence-corrected chi connectivity index (χ3v) is 4.47. The second-order valence-electron chi connectivity index (χ2n) is 5.50. The van der Waals surface area contributed by atoms with Crippen molar-refractivity contribution in [3.05, 3.63) is 45.6 Å². The molecule has 0 saturated heterocycles. The molecule has 0 saturated carbocycles. The van der Waals surface area contributed by atoms with Crippen molar-refractivity contribution < 1.29 is 9.18 Å². The minimum Gasteiger partial charge on any atom is -0.317 e. The molecule has 2 aromatic heterocycles. The Bertz CT molecular complexity index is 831. The van der Waals surface area contributed by atoms with E-state index in [9.17, 15) is 9.18 Å². The molecule has 1 N–H and O–H groups in total. The average Bonchev–Trinajstić information content (AvgIpc) is 2.50. The monoisotopic (exact) mass is 388 g/mol. The van der Waals surface area contributed by atoms with E-state index < -0.39 is 17.3 Å². The fourth-order valence-corrected chi connectivity index (χ4v) is 3.11. The van der Waals surface area contributed by atoms with Gasteiger partial charge in [-0.3, -0.25) is 4.98 Å². The van der Waals surface area contributed by atoms with Crippen LogP contribution in [0.1, 0.15) is 36.5 Å². The van der Waals surface area contributed by atoms with E-state index in [1.165, 1.54) is 4.90 Å². The van der Waals surface area contributed by atoms with Crippen molar-refractivity contribution >= 4 is 52.3 Å². The van der Waals surface area contributed by atoms with Crippen molar-refractivity contribution in [1.82, 2.24) is 15.3 Å². The van der Waals surface area contributed by atoms with Gasteiger partial charge in [-0.2, -0.15) is 0 Å². The van der Waals surface area contributed by atoms with E-state index in [1.807, 2.05) is 13.8 Å². The standard InChI is InChI=1S/C15H12Cl3FN4O/c1-6(2)10-11(8(16)3-4-20-10)23-14-7(12(17)22-15(23)24)5-9(19)13(18)21-14/h3-6,12H,1-2H3,(H,22,24). The third-order valence-electron chi connectivity index (χ3n) is 3.55. The number of rotatable bonds is 2. The van der Waals surface area contributed by atoms with Gasteiger partial charge in [0.05, 0.1) is 16.4 Å². The summed E-state index contributed by atoms with van der Waals surface area (Å²) in [6.07, 6.45) is 1.55. The lowest BCUT2D eigenvalue weighted by molar-refractivity contribution is 0.246. The van der Waals surface area contributed by atoms with Crippen LogP contribution in [0.4, 0.5) is 20.7 Å². The van der Waals surface area contributed by atoms with E-state index in [0.717, 1.165) is 6.07 Å². The average molecular weight is 390 g/mol. The molecule has 1 aliphatic heterocycles. The molecule has 0 bridgehead atoms. The number of nitrogens with zero attached hydrogens (tertiary/aromatic N) is 3. The molecule has 2 amide bonds. The molecule has 1 unspecified atom stereocenters. The van der Waals surface area contributed by atoms with Gasteiger partial charge in [0.2, 0.25) is 0 Å². The highest BCUT2D eigenvalue weighted by molar-refractivity contribution is 6.34. The fraction of sp³-hybridized carbons (Fsp3) is 0.267. The molecule has 2 aromatic rings. The molecular weight excluding hydrogens is 378 g/mol. The summed E-state index contributed by atoms with van der Waals surface area (Å²) in [5.41, 5.74) is 0.319. The molecule has 5 nitrogen and oxygen atoms in total. The number of nitrogens with one attached hydrogen (secondary N) is 1. The largest absolute Gasteiger partial charge is 0.329 e. The van der Waals surface area contributed by atoms with E-state index in [0.29, 0.717) is 16.4 Å². The molecule has 126 valence electrons. The number of alkyl halides is 1. The van der Waals surface area contributed by atoms with Crippen molar-refractivity contribution in [2.45, 2.75) is 25.3 Å². The number of halogens is 4. The van der Waals surface area contributed by atoms with Gasteiger partial charge in [-0.15, -0.1) is 0 Å². The molecule has 0 aliphatic carbocycles. The molecular formula is C15H12Cl3FN4O. The molecule has 0 fully saturated rings. The molecule has 24 heavy (non-hydrogen) atoms. The molecule has 3 rings (SSSR count). The zero-order valence-electron chi connectivity index (χ0n) is 12.6. The number of hydrogen-bond donors (Lipinski definition) is 1. The highest BCUT2D eigenvalue weighted by Crippen LogP contribution is 2.42. The normalized spacial score (nSPS) is 17.0. The number of urea groups is 1. The Morgan fingerprint density at radius 1 is 1.38 bits per heavy atom. The fourth-order valence-electron chi connectivity index (χ4n) is 2.48. The number of hydrogen-bond acceptors (Lipinski definition) is 3. The minimum atomic E-state index is -0.930. The van der Waals surface area contributed by atoms with Crippen LogP contribution in [0.25, 0.3) is 0 Å². The Balaban J connectivity index is 2.29. The molecule has 0 aromatic carbocycles. The van der Waals surface area contributed by atoms with Crippen LogP contribution in [0.2, 0.25) is 10.2 Å². The summed E-state index contributed by atoms with van der Waals surface area (Å²) >= 11 is 18.2. The van der Waals surface area contributed by atoms with Gasteiger partial charge in [0, 0.05) is 11.8 Å². The first-order chi connectivity index (χ1) is 11.3. The molecule has 1 atom stereocenters. The van der Waals surface area contributed by atoms with Crippen molar-refractivity contribution in [2.75, 3.05) is 4.90 Å². The predicted octanol–water partition coefficient (Wildman–Crippen LogP) is 5.14. The summed E-state index contributed by atoms with van der Waals surface area (Å²) in [7, 11) is 0. The second-order valence-corrected chi connectivity index (χ2v) is 6.70. The lowest BCUT2D eigenvalue weighted by Gasteiger charge is -2.33. The minimum absolute atomic E-state index is 0.0143. The maximum Gasteiger partial charge on any atom is 0.329 e. The summed E-state index contributed by atoms with van der Waals surface area (Å²) in [5, 5.41) is 2.49. The quantitative estimate of drug-likeness (QED) is 0.439. The highest BCUT2D eigenvalue weighted by atomic mass is 35.5. The maximum absolute atomic E-state index is 13.8. The Morgan fingerprint density at radius 2 is 2.08 bits per heavy atom. The van der Waals surface area contributed by atoms with Gasteiger partial charge in [0.1, 0.15) is 11.3 Å². The zero-order chi connectivity index (χ0) is 17.6. The summed E-state index contributed by atoms with van der Waals surface area (Å²) in [6, 6.07) is 2.16. The number of carbonyl (C=O) groups excluding carboxylic acids is 1. The van der Waals surface area contributed by atoms with Gasteiger partial charge in [-0.1, -0.05) is 48.7 Å². The van der Waals surface area contributed by atoms with Crippen LogP contribution in [0, 0.1) is 5.82 Å². The van der Waals surface area contributed by atoms with Crippen LogP contribution in [-0.2, 0) is 0 Å². The smallest absolute Gasteiger partial charge is 0.317 e. The summed E-state index contributed by atoms with van der Waals surface area (Å²) in [5.74, 6) is -0.611. The van der Waals surface area contributed by atoms with Crippen molar-refractivity contribution in [1.29, 1.82) is 0 Å². The SMILES string of the molecule is CC(C)c1nccc(Cl)c1N1C(=O)NC(Cl)c2cc(F)c(Cl)nc21. The third kappa shape index (κ3) is 2.79. The van der Waals surface area contributed by atoms with Crippen LogP contribution < -0.4 is 10.2 Å². The van der Waals surface area contributed by atoms with Gasteiger partial charge < -0.3 is 5.32 Å². The van der Waals surface area contributed by atoms with Crippen molar-refractivity contribution in [3.63, 3.8) is 0 Å². The molecule has 1 aliphatic rings. The van der Waals surface area contributed by atoms with Crippen LogP contribution in [-0.4, -0.2) is 16.0 Å². The van der Waals surface area contributed by atoms with E-state index in [1.54, 1.807) is 12.3 Å². The van der Waals surface area contributed by atoms with E-state index in [2.05, 4.69) is 15.3 Å². The van der Waals surface area contributed by atoms with Gasteiger partial charge in [0.25, 0.3) is 0 Å². The molecule has 0 radical (unpaired) electrons. The number of carbonyl (C=O) groups is 1. The van der Waals surface area contributed by atoms with E-state index >= 15 is 0 Å². The second kappa shape index (κ2) is 6.35. The van der Waals surface area contributed by atoms with Gasteiger partial charge in [0.15, 0.2) is 11.0 Å². The summed E-state index contributed by atoms with van der Waals surface area (Å²) in [6.45, 7) is 3.83. The Labute approximate surface area is 152 Å². The van der Waals surface area contributed by atoms with Crippen molar-refractivity contribution in [3.8, 4) is 0 Å². The van der Waals surface area contributed by atoms with Gasteiger partial charge in [-0.25, -0.2) is 19.1 Å². The van der Waals surface area contributed by atoms with E-state index in [4.69, 9.17) is 34.8 Å². The Hall–Kier alpha value is -1.63. The topological polar surface area (TPSA) is 58.1 Å². The molecule has 0 spiro atoms. The number of fused-ring (bicyclic) bond motifs is 1. The predicted molar refractivity (Wildman–Crippen MR) is 91.8 cm³/mol. The van der Waals surface area contributed by atoms with Gasteiger partial charge in [-0.05, 0) is 18.1 Å². The van der Waals surface area contributed by atoms with Crippen LogP contribution in [0.15, 0.2) is 18.3 Å². The molecule has 9 heteroatoms. The van der Waals surface area contributed by atoms with E-state index in [-0.39, 0.29) is 22.5 Å². The number of aromatic nitrogens is 2. The molecule has 3 heterocycles. The zero-order valence-corrected chi connectivity index (χ0v) is 14.9. The maximum atomic E-state index is 13.8. The van der Waals surface area contributed by atoms with Gasteiger partial charge >= 0.3 is 6.03 Å². The first kappa shape index (κ1) is 17.2. The van der Waals surface area contributed by atoms with Crippen LogP contribution >= 0.6 is 34.8 Å². The lowest BCUT2D eigenvalue weighted by Crippen LogP contribution is -2.43. The lowest BCUT2D eigenvalue weighted by atomic mass is 10.1. The number of pyridine rings is 2. The number of amides is 2.